The van der Waals surface area contributed by atoms with Crippen LogP contribution in [0.2, 0.25) is 5.02 Å². The van der Waals surface area contributed by atoms with Crippen LogP contribution in [0.5, 0.6) is 0 Å². The van der Waals surface area contributed by atoms with E-state index in [2.05, 4.69) is 20.6 Å². The Morgan fingerprint density at radius 3 is 2.74 bits per heavy atom. The van der Waals surface area contributed by atoms with Crippen LogP contribution in [0, 0.1) is 11.7 Å². The number of carbonyl (C=O) groups is 1. The second-order valence-electron chi connectivity index (χ2n) is 9.51. The van der Waals surface area contributed by atoms with Gasteiger partial charge >= 0.3 is 0 Å². The van der Waals surface area contributed by atoms with Gasteiger partial charge < -0.3 is 20.1 Å². The molecule has 2 aliphatic heterocycles. The van der Waals surface area contributed by atoms with Gasteiger partial charge in [0.1, 0.15) is 24.8 Å². The number of benzene rings is 2. The van der Waals surface area contributed by atoms with Crippen LogP contribution in [0.1, 0.15) is 6.42 Å². The van der Waals surface area contributed by atoms with E-state index in [1.54, 1.807) is 36.5 Å². The molecule has 4 heterocycles. The molecule has 11 heteroatoms. The van der Waals surface area contributed by atoms with Crippen LogP contribution in [0.4, 0.5) is 10.3 Å². The van der Waals surface area contributed by atoms with Gasteiger partial charge in [0, 0.05) is 46.7 Å². The van der Waals surface area contributed by atoms with E-state index in [4.69, 9.17) is 21.1 Å². The smallest absolute Gasteiger partial charge is 0.264 e. The zero-order valence-electron chi connectivity index (χ0n) is 20.8. The predicted octanol–water partition coefficient (Wildman–Crippen LogP) is 3.57. The Bertz CT molecular complexity index is 1590. The highest BCUT2D eigenvalue weighted by molar-refractivity contribution is 6.33. The van der Waals surface area contributed by atoms with Crippen molar-refractivity contribution in [1.29, 1.82) is 0 Å². The number of pyridine rings is 1. The predicted molar refractivity (Wildman–Crippen MR) is 145 cm³/mol. The van der Waals surface area contributed by atoms with Crippen molar-refractivity contribution in [3.63, 3.8) is 0 Å². The summed E-state index contributed by atoms with van der Waals surface area (Å²) in [6.07, 6.45) is 1.21. The van der Waals surface area contributed by atoms with Crippen LogP contribution in [-0.4, -0.2) is 59.0 Å². The topological polar surface area (TPSA) is 107 Å². The quantitative estimate of drug-likeness (QED) is 0.360. The third-order valence-electron chi connectivity index (χ3n) is 7.06. The number of ketones is 1. The first-order chi connectivity index (χ1) is 19.0. The van der Waals surface area contributed by atoms with Crippen molar-refractivity contribution in [2.24, 2.45) is 5.92 Å². The van der Waals surface area contributed by atoms with Gasteiger partial charge in [-0.1, -0.05) is 29.8 Å². The van der Waals surface area contributed by atoms with Crippen molar-refractivity contribution >= 4 is 34.4 Å². The molecule has 2 fully saturated rings. The van der Waals surface area contributed by atoms with Crippen LogP contribution in [0.15, 0.2) is 65.6 Å². The fourth-order valence-corrected chi connectivity index (χ4v) is 5.27. The maximum absolute atomic E-state index is 13.8. The number of nitrogens with zero attached hydrogens (tertiary/aromatic N) is 3. The Balaban J connectivity index is 1.35. The van der Waals surface area contributed by atoms with Crippen LogP contribution in [0.3, 0.4) is 0 Å². The van der Waals surface area contributed by atoms with Gasteiger partial charge in [-0.3, -0.25) is 14.2 Å². The highest BCUT2D eigenvalue weighted by atomic mass is 35.5. The molecule has 2 saturated heterocycles. The number of ether oxygens (including phenoxy) is 2. The normalized spacial score (nSPS) is 20.9. The summed E-state index contributed by atoms with van der Waals surface area (Å²) in [5.74, 6) is -0.242. The lowest BCUT2D eigenvalue weighted by Gasteiger charge is -2.19. The van der Waals surface area contributed by atoms with Crippen molar-refractivity contribution in [1.82, 2.24) is 19.9 Å². The van der Waals surface area contributed by atoms with E-state index in [1.165, 1.54) is 28.8 Å². The molecule has 39 heavy (non-hydrogen) atoms. The van der Waals surface area contributed by atoms with Crippen molar-refractivity contribution in [2.75, 3.05) is 31.7 Å². The van der Waals surface area contributed by atoms with E-state index < -0.39 is 18.0 Å². The van der Waals surface area contributed by atoms with E-state index in [1.807, 2.05) is 0 Å². The van der Waals surface area contributed by atoms with Crippen molar-refractivity contribution in [3.05, 3.63) is 82.0 Å². The maximum Gasteiger partial charge on any atom is 0.264 e. The standard InChI is InChI=1S/C28H25ClFN5O4/c29-22-4-2-1-3-20(22)21-11-17-13-32-28(34-26(17)35(27(21)37)19-7-5-18(30)6-8-19)33-14-23-25(39-15-38-23)24(36)16-9-10-31-12-16/h1-8,11,13,16,23,25,31H,9-10,12,14-15H2,(H,32,33,34)/t16?,23-,25+/m1/s1. The number of fused-ring (bicyclic) bond motifs is 1. The van der Waals surface area contributed by atoms with Crippen LogP contribution in [0.25, 0.3) is 27.8 Å². The van der Waals surface area contributed by atoms with Gasteiger partial charge in [-0.15, -0.1) is 0 Å². The molecule has 0 radical (unpaired) electrons. The first-order valence-corrected chi connectivity index (χ1v) is 13.0. The molecule has 200 valence electrons. The molecule has 0 spiro atoms. The van der Waals surface area contributed by atoms with Gasteiger partial charge in [0.05, 0.1) is 5.69 Å². The summed E-state index contributed by atoms with van der Waals surface area (Å²) in [6.45, 7) is 1.73. The second kappa shape index (κ2) is 10.8. The van der Waals surface area contributed by atoms with Gasteiger partial charge in [0.25, 0.3) is 5.56 Å². The average molecular weight is 550 g/mol. The number of aromatic nitrogens is 3. The Kier molecular flexibility index (Phi) is 7.09. The van der Waals surface area contributed by atoms with Crippen molar-refractivity contribution < 1.29 is 18.7 Å². The number of halogens is 2. The molecule has 0 amide bonds. The largest absolute Gasteiger partial charge is 0.351 e. The van der Waals surface area contributed by atoms with E-state index in [0.717, 1.165) is 13.0 Å². The van der Waals surface area contributed by atoms with E-state index in [9.17, 15) is 14.0 Å². The SMILES string of the molecule is O=C(C1CCNC1)[C@H]1OCO[C@@H]1CNc1ncc2cc(-c3ccccc3Cl)c(=O)n(-c3ccc(F)cc3)c2n1. The minimum atomic E-state index is -0.668. The molecule has 2 aliphatic rings. The first kappa shape index (κ1) is 25.6. The molecule has 4 aromatic rings. The van der Waals surface area contributed by atoms with Crippen LogP contribution in [-0.2, 0) is 14.3 Å². The molecule has 3 atom stereocenters. The number of hydrogen-bond donors (Lipinski definition) is 2. The second-order valence-corrected chi connectivity index (χ2v) is 9.92. The van der Waals surface area contributed by atoms with Crippen molar-refractivity contribution in [3.8, 4) is 16.8 Å². The van der Waals surface area contributed by atoms with Crippen molar-refractivity contribution in [2.45, 2.75) is 18.6 Å². The molecule has 2 N–H and O–H groups in total. The lowest BCUT2D eigenvalue weighted by molar-refractivity contribution is -0.131. The summed E-state index contributed by atoms with van der Waals surface area (Å²) in [4.78, 5) is 35.7. The lowest BCUT2D eigenvalue weighted by atomic mass is 9.96. The summed E-state index contributed by atoms with van der Waals surface area (Å²) in [6, 6.07) is 14.3. The molecule has 0 bridgehead atoms. The molecule has 0 aliphatic carbocycles. The maximum atomic E-state index is 13.8. The molecule has 6 rings (SSSR count). The minimum absolute atomic E-state index is 0.0287. The summed E-state index contributed by atoms with van der Waals surface area (Å²) < 4.78 is 26.4. The molecule has 9 nitrogen and oxygen atoms in total. The number of rotatable bonds is 7. The number of nitrogens with one attached hydrogen (secondary N) is 2. The fraction of sp³-hybridized carbons (Fsp3) is 0.286. The molecule has 2 aromatic heterocycles. The van der Waals surface area contributed by atoms with E-state index in [0.29, 0.717) is 39.4 Å². The zero-order valence-corrected chi connectivity index (χ0v) is 21.5. The Morgan fingerprint density at radius 1 is 1.15 bits per heavy atom. The molecule has 2 aromatic carbocycles. The fourth-order valence-electron chi connectivity index (χ4n) is 5.03. The van der Waals surface area contributed by atoms with E-state index in [-0.39, 0.29) is 36.5 Å². The number of hydrogen-bond acceptors (Lipinski definition) is 8. The average Bonchev–Trinajstić information content (AvgIpc) is 3.65. The van der Waals surface area contributed by atoms with Gasteiger partial charge in [-0.05, 0) is 49.4 Å². The van der Waals surface area contributed by atoms with Gasteiger partial charge in [0.15, 0.2) is 11.4 Å². The van der Waals surface area contributed by atoms with Gasteiger partial charge in [-0.25, -0.2) is 9.37 Å². The molecular formula is C28H25ClFN5O4. The number of carbonyl (C=O) groups excluding carboxylic acids is 1. The molecule has 0 saturated carbocycles. The monoisotopic (exact) mass is 549 g/mol. The number of anilines is 1. The zero-order chi connectivity index (χ0) is 26.9. The molecular weight excluding hydrogens is 525 g/mol. The minimum Gasteiger partial charge on any atom is -0.351 e. The van der Waals surface area contributed by atoms with E-state index >= 15 is 0 Å². The van der Waals surface area contributed by atoms with Crippen LogP contribution < -0.4 is 16.2 Å². The summed E-state index contributed by atoms with van der Waals surface area (Å²) in [5, 5.41) is 7.34. The lowest BCUT2D eigenvalue weighted by Crippen LogP contribution is -2.40. The summed E-state index contributed by atoms with van der Waals surface area (Å²) >= 11 is 6.42. The van der Waals surface area contributed by atoms with Gasteiger partial charge in [-0.2, -0.15) is 4.98 Å². The van der Waals surface area contributed by atoms with Crippen LogP contribution >= 0.6 is 11.6 Å². The third kappa shape index (κ3) is 5.04. The first-order valence-electron chi connectivity index (χ1n) is 12.6. The Hall–Kier alpha value is -3.70. The highest BCUT2D eigenvalue weighted by Crippen LogP contribution is 2.28. The molecule has 1 unspecified atom stereocenters. The summed E-state index contributed by atoms with van der Waals surface area (Å²) in [5.41, 5.74) is 1.33. The Labute approximate surface area is 227 Å². The van der Waals surface area contributed by atoms with Gasteiger partial charge in [0.2, 0.25) is 5.95 Å². The third-order valence-corrected chi connectivity index (χ3v) is 7.39. The Morgan fingerprint density at radius 2 is 1.97 bits per heavy atom. The summed E-state index contributed by atoms with van der Waals surface area (Å²) in [7, 11) is 0. The highest BCUT2D eigenvalue weighted by Gasteiger charge is 2.39. The number of Topliss-reactive ketones (excluding diaryl/α,β-unsaturated/α-hetero) is 1.